The number of fused-ring (bicyclic) bond motifs is 2. The maximum Gasteiger partial charge on any atom is 0.262 e. The van der Waals surface area contributed by atoms with Crippen LogP contribution >= 0.6 is 11.6 Å². The lowest BCUT2D eigenvalue weighted by molar-refractivity contribution is -0.136. The molecule has 1 aliphatic carbocycles. The number of aryl methyl sites for hydroxylation is 1. The normalized spacial score (nSPS) is 17.9. The van der Waals surface area contributed by atoms with Crippen molar-refractivity contribution in [2.24, 2.45) is 5.92 Å². The van der Waals surface area contributed by atoms with Gasteiger partial charge in [0.2, 0.25) is 5.91 Å². The van der Waals surface area contributed by atoms with E-state index in [0.717, 1.165) is 40.9 Å². The number of halogens is 1. The first-order chi connectivity index (χ1) is 19.5. The van der Waals surface area contributed by atoms with Crippen LogP contribution in [0.25, 0.3) is 0 Å². The van der Waals surface area contributed by atoms with Crippen LogP contribution in [-0.4, -0.2) is 34.1 Å². The maximum atomic E-state index is 14.3. The molecule has 0 radical (unpaired) electrons. The van der Waals surface area contributed by atoms with Gasteiger partial charge in [-0.2, -0.15) is 0 Å². The van der Waals surface area contributed by atoms with Gasteiger partial charge < -0.3 is 4.90 Å². The molecule has 0 aromatic heterocycles. The Morgan fingerprint density at radius 3 is 2.10 bits per heavy atom. The minimum atomic E-state index is -0.421. The van der Waals surface area contributed by atoms with Crippen molar-refractivity contribution >= 4 is 29.3 Å². The number of imide groups is 1. The molecule has 2 aliphatic rings. The Hall–Kier alpha value is -4.22. The van der Waals surface area contributed by atoms with E-state index in [9.17, 15) is 14.4 Å². The summed E-state index contributed by atoms with van der Waals surface area (Å²) in [4.78, 5) is 43.5. The molecule has 0 N–H and O–H groups in total. The standard InChI is InChI=1S/C34H29ClN2O3/c35-27-18-14-23(15-19-27)20-26-17-16-25-10-4-5-11-28(25)32(26)36(21-24-8-2-1-3-9-24)31(38)22-37-33(39)29-12-6-7-13-30(29)34(37)40/h1-15,18-19,26,32H,16-17,20-22H2. The molecule has 0 spiro atoms. The van der Waals surface area contributed by atoms with Gasteiger partial charge in [0.15, 0.2) is 0 Å². The van der Waals surface area contributed by atoms with E-state index in [-0.39, 0.29) is 24.4 Å². The molecule has 40 heavy (non-hydrogen) atoms. The maximum absolute atomic E-state index is 14.3. The molecule has 5 nitrogen and oxygen atoms in total. The van der Waals surface area contributed by atoms with Crippen molar-refractivity contribution in [1.82, 2.24) is 9.80 Å². The second-order valence-electron chi connectivity index (χ2n) is 10.5. The molecule has 0 bridgehead atoms. The van der Waals surface area contributed by atoms with E-state index in [1.54, 1.807) is 24.3 Å². The Morgan fingerprint density at radius 2 is 1.40 bits per heavy atom. The molecule has 2 unspecified atom stereocenters. The number of benzene rings is 4. The highest BCUT2D eigenvalue weighted by molar-refractivity contribution is 6.30. The van der Waals surface area contributed by atoms with Gasteiger partial charge in [0.05, 0.1) is 17.2 Å². The van der Waals surface area contributed by atoms with Crippen molar-refractivity contribution in [3.05, 3.63) is 142 Å². The van der Waals surface area contributed by atoms with Crippen molar-refractivity contribution in [3.8, 4) is 0 Å². The van der Waals surface area contributed by atoms with Crippen LogP contribution in [0.3, 0.4) is 0 Å². The highest BCUT2D eigenvalue weighted by Gasteiger charge is 2.40. The fourth-order valence-corrected chi connectivity index (χ4v) is 6.22. The summed E-state index contributed by atoms with van der Waals surface area (Å²) >= 11 is 6.16. The molecule has 200 valence electrons. The predicted octanol–water partition coefficient (Wildman–Crippen LogP) is 6.51. The summed E-state index contributed by atoms with van der Waals surface area (Å²) in [5, 5.41) is 0.691. The first-order valence-electron chi connectivity index (χ1n) is 13.6. The van der Waals surface area contributed by atoms with Gasteiger partial charge >= 0.3 is 0 Å². The topological polar surface area (TPSA) is 57.7 Å². The molecule has 1 heterocycles. The largest absolute Gasteiger partial charge is 0.329 e. The van der Waals surface area contributed by atoms with Gasteiger partial charge in [-0.1, -0.05) is 90.5 Å². The molecule has 0 saturated carbocycles. The van der Waals surface area contributed by atoms with Crippen molar-refractivity contribution in [2.75, 3.05) is 6.54 Å². The van der Waals surface area contributed by atoms with Crippen molar-refractivity contribution < 1.29 is 14.4 Å². The fraction of sp³-hybridized carbons (Fsp3) is 0.206. The Morgan fingerprint density at radius 1 is 0.775 bits per heavy atom. The number of carbonyl (C=O) groups is 3. The summed E-state index contributed by atoms with van der Waals surface area (Å²) < 4.78 is 0. The number of amides is 3. The first-order valence-corrected chi connectivity index (χ1v) is 14.0. The van der Waals surface area contributed by atoms with Gasteiger partial charge in [-0.15, -0.1) is 0 Å². The third-order valence-corrected chi connectivity index (χ3v) is 8.29. The van der Waals surface area contributed by atoms with Crippen LogP contribution in [0, 0.1) is 5.92 Å². The van der Waals surface area contributed by atoms with E-state index in [1.165, 1.54) is 5.56 Å². The number of carbonyl (C=O) groups excluding carboxylic acids is 3. The van der Waals surface area contributed by atoms with Crippen molar-refractivity contribution in [3.63, 3.8) is 0 Å². The van der Waals surface area contributed by atoms with Crippen LogP contribution in [0.2, 0.25) is 5.02 Å². The molecule has 6 heteroatoms. The fourth-order valence-electron chi connectivity index (χ4n) is 6.09. The van der Waals surface area contributed by atoms with Crippen LogP contribution in [0.1, 0.15) is 55.4 Å². The first kappa shape index (κ1) is 26.0. The van der Waals surface area contributed by atoms with Gasteiger partial charge in [-0.05, 0) is 71.7 Å². The van der Waals surface area contributed by atoms with Gasteiger partial charge in [-0.3, -0.25) is 19.3 Å². The van der Waals surface area contributed by atoms with Crippen LogP contribution in [0.5, 0.6) is 0 Å². The van der Waals surface area contributed by atoms with Gasteiger partial charge in [0, 0.05) is 11.6 Å². The SMILES string of the molecule is O=C1c2ccccc2C(=O)N1CC(=O)N(Cc1ccccc1)C1c2ccccc2CCC1Cc1ccc(Cl)cc1. The van der Waals surface area contributed by atoms with E-state index in [2.05, 4.69) is 12.1 Å². The van der Waals surface area contributed by atoms with E-state index in [1.807, 2.05) is 71.6 Å². The molecule has 3 amide bonds. The number of rotatable bonds is 7. The Bertz CT molecular complexity index is 1530. The third kappa shape index (κ3) is 5.05. The van der Waals surface area contributed by atoms with E-state index in [4.69, 9.17) is 11.6 Å². The highest BCUT2D eigenvalue weighted by atomic mass is 35.5. The monoisotopic (exact) mass is 548 g/mol. The summed E-state index contributed by atoms with van der Waals surface area (Å²) in [6.45, 7) is 0.0739. The summed E-state index contributed by atoms with van der Waals surface area (Å²) in [7, 11) is 0. The Labute approximate surface area is 239 Å². The summed E-state index contributed by atoms with van der Waals surface area (Å²) in [6, 6.07) is 32.6. The minimum Gasteiger partial charge on any atom is -0.329 e. The quantitative estimate of drug-likeness (QED) is 0.247. The van der Waals surface area contributed by atoms with Crippen LogP contribution in [-0.2, 0) is 24.2 Å². The number of hydrogen-bond donors (Lipinski definition) is 0. The zero-order valence-electron chi connectivity index (χ0n) is 22.0. The molecule has 1 aliphatic heterocycles. The number of hydrogen-bond acceptors (Lipinski definition) is 3. The second kappa shape index (κ2) is 11.1. The number of nitrogens with zero attached hydrogens (tertiary/aromatic N) is 2. The molecular formula is C34H29ClN2O3. The minimum absolute atomic E-state index is 0.144. The van der Waals surface area contributed by atoms with Crippen LogP contribution in [0.15, 0.2) is 103 Å². The summed E-state index contributed by atoms with van der Waals surface area (Å²) in [6.07, 6.45) is 2.62. The molecular weight excluding hydrogens is 520 g/mol. The van der Waals surface area contributed by atoms with Gasteiger partial charge in [0.25, 0.3) is 11.8 Å². The predicted molar refractivity (Wildman–Crippen MR) is 155 cm³/mol. The molecule has 2 atom stereocenters. The van der Waals surface area contributed by atoms with Crippen molar-refractivity contribution in [2.45, 2.75) is 31.8 Å². The van der Waals surface area contributed by atoms with Crippen LogP contribution in [0.4, 0.5) is 0 Å². The van der Waals surface area contributed by atoms with Crippen LogP contribution < -0.4 is 0 Å². The molecule has 4 aromatic carbocycles. The van der Waals surface area contributed by atoms with Crippen molar-refractivity contribution in [1.29, 1.82) is 0 Å². The molecule has 6 rings (SSSR count). The lowest BCUT2D eigenvalue weighted by Gasteiger charge is -2.42. The zero-order chi connectivity index (χ0) is 27.6. The van der Waals surface area contributed by atoms with Gasteiger partial charge in [0.1, 0.15) is 6.54 Å². The average molecular weight is 549 g/mol. The van der Waals surface area contributed by atoms with E-state index >= 15 is 0 Å². The van der Waals surface area contributed by atoms with E-state index < -0.39 is 11.8 Å². The Balaban J connectivity index is 1.37. The highest BCUT2D eigenvalue weighted by Crippen LogP contribution is 2.41. The smallest absolute Gasteiger partial charge is 0.262 e. The zero-order valence-corrected chi connectivity index (χ0v) is 22.8. The van der Waals surface area contributed by atoms with Gasteiger partial charge in [-0.25, -0.2) is 0 Å². The molecule has 0 fully saturated rings. The third-order valence-electron chi connectivity index (χ3n) is 8.04. The average Bonchev–Trinajstić information content (AvgIpc) is 3.22. The second-order valence-corrected chi connectivity index (χ2v) is 11.0. The summed E-state index contributed by atoms with van der Waals surface area (Å²) in [5.41, 5.74) is 5.20. The molecule has 0 saturated heterocycles. The lowest BCUT2D eigenvalue weighted by Crippen LogP contribution is -2.46. The van der Waals surface area contributed by atoms with E-state index in [0.29, 0.717) is 22.7 Å². The molecule has 4 aromatic rings. The lowest BCUT2D eigenvalue weighted by atomic mass is 9.76. The Kier molecular flexibility index (Phi) is 7.23. The summed E-state index contributed by atoms with van der Waals surface area (Å²) in [5.74, 6) is -0.946.